The molecule has 0 unspecified atom stereocenters. The summed E-state index contributed by atoms with van der Waals surface area (Å²) in [6.45, 7) is 2.33. The van der Waals surface area contributed by atoms with Crippen LogP contribution in [0, 0.1) is 0 Å². The van der Waals surface area contributed by atoms with Gasteiger partial charge in [-0.25, -0.2) is 4.79 Å². The van der Waals surface area contributed by atoms with Crippen molar-refractivity contribution in [2.24, 2.45) is 0 Å². The number of para-hydroxylation sites is 1. The second-order valence-electron chi connectivity index (χ2n) is 8.18. The van der Waals surface area contributed by atoms with E-state index in [1.165, 1.54) is 0 Å². The molecule has 0 spiro atoms. The molecular weight excluding hydrogens is 422 g/mol. The molecule has 2 aliphatic heterocycles. The quantitative estimate of drug-likeness (QED) is 0.529. The Kier molecular flexibility index (Phi) is 5.77. The summed E-state index contributed by atoms with van der Waals surface area (Å²) < 4.78 is 22.2. The monoisotopic (exact) mass is 447 g/mol. The maximum Gasteiger partial charge on any atom is 0.336 e. The molecular formula is C26H25NO6. The number of ketones is 1. The van der Waals surface area contributed by atoms with Crippen molar-refractivity contribution in [1.82, 2.24) is 5.32 Å². The molecule has 0 saturated carbocycles. The number of nitrogens with one attached hydrogen (secondary N) is 1. The van der Waals surface area contributed by atoms with Crippen molar-refractivity contribution in [3.8, 4) is 17.2 Å². The molecule has 3 aliphatic rings. The third-order valence-electron chi connectivity index (χ3n) is 6.05. The lowest BCUT2D eigenvalue weighted by Crippen LogP contribution is -2.34. The Morgan fingerprint density at radius 1 is 1.06 bits per heavy atom. The summed E-state index contributed by atoms with van der Waals surface area (Å²) in [6.07, 6.45) is 2.03. The molecule has 0 bridgehead atoms. The lowest BCUT2D eigenvalue weighted by atomic mass is 9.75. The van der Waals surface area contributed by atoms with Crippen LogP contribution in [0.4, 0.5) is 0 Å². The van der Waals surface area contributed by atoms with Crippen molar-refractivity contribution in [1.29, 1.82) is 0 Å². The van der Waals surface area contributed by atoms with E-state index in [0.29, 0.717) is 40.5 Å². The van der Waals surface area contributed by atoms with Gasteiger partial charge in [-0.3, -0.25) is 4.79 Å². The molecule has 2 aromatic rings. The van der Waals surface area contributed by atoms with Crippen LogP contribution >= 0.6 is 0 Å². The largest absolute Gasteiger partial charge is 0.490 e. The maximum atomic E-state index is 13.3. The third-order valence-corrected chi connectivity index (χ3v) is 6.05. The highest BCUT2D eigenvalue weighted by molar-refractivity contribution is 6.03. The van der Waals surface area contributed by atoms with Crippen LogP contribution in [0.2, 0.25) is 0 Å². The van der Waals surface area contributed by atoms with Crippen LogP contribution in [0.3, 0.4) is 0 Å². The van der Waals surface area contributed by atoms with Gasteiger partial charge in [0.25, 0.3) is 0 Å². The molecule has 0 saturated heterocycles. The number of hydrogen-bond acceptors (Lipinski definition) is 7. The van der Waals surface area contributed by atoms with Crippen LogP contribution in [0.25, 0.3) is 0 Å². The van der Waals surface area contributed by atoms with Gasteiger partial charge in [0.1, 0.15) is 19.0 Å². The Morgan fingerprint density at radius 2 is 1.88 bits per heavy atom. The lowest BCUT2D eigenvalue weighted by Gasteiger charge is -2.34. The molecule has 1 aliphatic carbocycles. The second-order valence-corrected chi connectivity index (χ2v) is 8.18. The molecule has 2 aromatic carbocycles. The normalized spacial score (nSPS) is 19.2. The van der Waals surface area contributed by atoms with Gasteiger partial charge in [-0.05, 0) is 49.6 Å². The number of hydrogen-bond donors (Lipinski definition) is 1. The Hall–Kier alpha value is -3.74. The molecule has 170 valence electrons. The van der Waals surface area contributed by atoms with E-state index in [9.17, 15) is 9.59 Å². The van der Waals surface area contributed by atoms with E-state index in [1.54, 1.807) is 0 Å². The number of esters is 1. The standard InChI is InChI=1S/C26H25NO6/c1-16-23(26(29)31-13-12-30-18-6-3-2-4-7-18)24(25-19(27-16)8-5-9-20(25)28)17-10-11-21-22(14-17)33-15-32-21/h2-4,6-7,10-11,14,24,27H,5,8-9,12-13,15H2,1H3/t24-/m0/s1. The average Bonchev–Trinajstić information content (AvgIpc) is 3.29. The van der Waals surface area contributed by atoms with E-state index in [0.717, 1.165) is 24.1 Å². The number of allylic oxidation sites excluding steroid dienone is 3. The van der Waals surface area contributed by atoms with Crippen molar-refractivity contribution < 1.29 is 28.5 Å². The minimum Gasteiger partial charge on any atom is -0.490 e. The first kappa shape index (κ1) is 21.1. The topological polar surface area (TPSA) is 83.1 Å². The summed E-state index contributed by atoms with van der Waals surface area (Å²) in [7, 11) is 0. The summed E-state index contributed by atoms with van der Waals surface area (Å²) in [4.78, 5) is 26.2. The van der Waals surface area contributed by atoms with E-state index in [1.807, 2.05) is 55.5 Å². The van der Waals surface area contributed by atoms with E-state index >= 15 is 0 Å². The highest BCUT2D eigenvalue weighted by atomic mass is 16.7. The number of carbonyl (C=O) groups excluding carboxylic acids is 2. The van der Waals surface area contributed by atoms with Crippen LogP contribution < -0.4 is 19.5 Å². The molecule has 0 aromatic heterocycles. The van der Waals surface area contributed by atoms with Gasteiger partial charge < -0.3 is 24.3 Å². The maximum absolute atomic E-state index is 13.3. The van der Waals surface area contributed by atoms with Crippen molar-refractivity contribution in [2.75, 3.05) is 20.0 Å². The minimum absolute atomic E-state index is 0.0524. The number of ether oxygens (including phenoxy) is 4. The summed E-state index contributed by atoms with van der Waals surface area (Å²) >= 11 is 0. The van der Waals surface area contributed by atoms with Gasteiger partial charge >= 0.3 is 5.97 Å². The SMILES string of the molecule is CC1=C(C(=O)OCCOc2ccccc2)[C@H](c2ccc3c(c2)OCO3)C2=C(CCCC2=O)N1. The fourth-order valence-electron chi connectivity index (χ4n) is 4.57. The van der Waals surface area contributed by atoms with Crippen LogP contribution in [0.5, 0.6) is 17.2 Å². The van der Waals surface area contributed by atoms with Crippen LogP contribution in [-0.2, 0) is 14.3 Å². The van der Waals surface area contributed by atoms with Crippen molar-refractivity contribution in [3.63, 3.8) is 0 Å². The molecule has 7 heteroatoms. The molecule has 0 fully saturated rings. The van der Waals surface area contributed by atoms with Crippen LogP contribution in [-0.4, -0.2) is 31.8 Å². The van der Waals surface area contributed by atoms with E-state index in [-0.39, 0.29) is 25.8 Å². The van der Waals surface area contributed by atoms with Gasteiger partial charge in [-0.15, -0.1) is 0 Å². The average molecular weight is 447 g/mol. The molecule has 1 atom stereocenters. The number of rotatable bonds is 6. The van der Waals surface area contributed by atoms with Crippen molar-refractivity contribution in [3.05, 3.63) is 76.6 Å². The zero-order chi connectivity index (χ0) is 22.8. The number of benzene rings is 2. The summed E-state index contributed by atoms with van der Waals surface area (Å²) in [6, 6.07) is 14.9. The summed E-state index contributed by atoms with van der Waals surface area (Å²) in [5.41, 5.74) is 3.45. The predicted octanol–water partition coefficient (Wildman–Crippen LogP) is 4.01. The van der Waals surface area contributed by atoms with Crippen LogP contribution in [0.1, 0.15) is 37.7 Å². The molecule has 2 heterocycles. The highest BCUT2D eigenvalue weighted by Gasteiger charge is 2.39. The first-order valence-electron chi connectivity index (χ1n) is 11.1. The Morgan fingerprint density at radius 3 is 2.73 bits per heavy atom. The van der Waals surface area contributed by atoms with E-state index in [2.05, 4.69) is 5.32 Å². The van der Waals surface area contributed by atoms with Gasteiger partial charge in [0.15, 0.2) is 17.3 Å². The number of Topliss-reactive ketones (excluding diaryl/α,β-unsaturated/α-hetero) is 1. The van der Waals surface area contributed by atoms with E-state index in [4.69, 9.17) is 18.9 Å². The first-order chi connectivity index (χ1) is 16.1. The van der Waals surface area contributed by atoms with E-state index < -0.39 is 11.9 Å². The molecule has 0 amide bonds. The van der Waals surface area contributed by atoms with Gasteiger partial charge in [0, 0.05) is 29.3 Å². The van der Waals surface area contributed by atoms with Gasteiger partial charge in [-0.2, -0.15) is 0 Å². The van der Waals surface area contributed by atoms with Crippen molar-refractivity contribution >= 4 is 11.8 Å². The molecule has 5 rings (SSSR count). The minimum atomic E-state index is -0.522. The van der Waals surface area contributed by atoms with Gasteiger partial charge in [0.2, 0.25) is 6.79 Å². The molecule has 0 radical (unpaired) electrons. The Balaban J connectivity index is 1.40. The fourth-order valence-corrected chi connectivity index (χ4v) is 4.57. The fraction of sp³-hybridized carbons (Fsp3) is 0.308. The second kappa shape index (κ2) is 9.02. The number of carbonyl (C=O) groups is 2. The molecule has 1 N–H and O–H groups in total. The third kappa shape index (κ3) is 4.18. The summed E-state index contributed by atoms with van der Waals surface area (Å²) in [5, 5.41) is 3.30. The first-order valence-corrected chi connectivity index (χ1v) is 11.1. The lowest BCUT2D eigenvalue weighted by molar-refractivity contribution is -0.140. The smallest absolute Gasteiger partial charge is 0.336 e. The number of fused-ring (bicyclic) bond motifs is 1. The number of dihydropyridines is 1. The predicted molar refractivity (Wildman–Crippen MR) is 120 cm³/mol. The molecule has 33 heavy (non-hydrogen) atoms. The van der Waals surface area contributed by atoms with Crippen LogP contribution in [0.15, 0.2) is 71.1 Å². The van der Waals surface area contributed by atoms with Gasteiger partial charge in [-0.1, -0.05) is 24.3 Å². The Bertz CT molecular complexity index is 1150. The molecule has 7 nitrogen and oxygen atoms in total. The zero-order valence-corrected chi connectivity index (χ0v) is 18.4. The highest BCUT2D eigenvalue weighted by Crippen LogP contribution is 2.45. The van der Waals surface area contributed by atoms with Gasteiger partial charge in [0.05, 0.1) is 5.57 Å². The Labute approximate surface area is 192 Å². The van der Waals surface area contributed by atoms with Crippen molar-refractivity contribution in [2.45, 2.75) is 32.1 Å². The summed E-state index contributed by atoms with van der Waals surface area (Å²) in [5.74, 6) is 1.04. The zero-order valence-electron chi connectivity index (χ0n) is 18.4.